The molecule has 1 saturated heterocycles. The van der Waals surface area contributed by atoms with Crippen molar-refractivity contribution in [2.75, 3.05) is 18.8 Å². The van der Waals surface area contributed by atoms with E-state index < -0.39 is 20.6 Å². The highest BCUT2D eigenvalue weighted by atomic mass is 35.5. The molecule has 19 heavy (non-hydrogen) atoms. The van der Waals surface area contributed by atoms with Crippen LogP contribution in [0.5, 0.6) is 0 Å². The van der Waals surface area contributed by atoms with Gasteiger partial charge in [-0.3, -0.25) is 4.79 Å². The number of halogens is 1. The average Bonchev–Trinajstić information content (AvgIpc) is 2.18. The van der Waals surface area contributed by atoms with Crippen LogP contribution in [0.25, 0.3) is 0 Å². The Morgan fingerprint density at radius 1 is 1.32 bits per heavy atom. The highest BCUT2D eigenvalue weighted by Gasteiger charge is 2.43. The van der Waals surface area contributed by atoms with Crippen LogP contribution in [0.4, 0.5) is 0 Å². The molecule has 0 aromatic carbocycles. The molecule has 1 atom stereocenters. The minimum atomic E-state index is -3.12. The van der Waals surface area contributed by atoms with Crippen LogP contribution in [0.3, 0.4) is 0 Å². The molecule has 7 heteroatoms. The van der Waals surface area contributed by atoms with Gasteiger partial charge >= 0.3 is 0 Å². The van der Waals surface area contributed by atoms with Crippen LogP contribution >= 0.6 is 12.4 Å². The molecule has 2 N–H and O–H groups in total. The van der Waals surface area contributed by atoms with Gasteiger partial charge in [-0.15, -0.1) is 12.4 Å². The molecule has 1 heterocycles. The zero-order chi connectivity index (χ0) is 14.4. The molecule has 5 nitrogen and oxygen atoms in total. The van der Waals surface area contributed by atoms with Crippen molar-refractivity contribution in [3.63, 3.8) is 0 Å². The van der Waals surface area contributed by atoms with Crippen LogP contribution in [0.1, 0.15) is 34.6 Å². The summed E-state index contributed by atoms with van der Waals surface area (Å²) in [6.45, 7) is 9.49. The Balaban J connectivity index is 0.00000324. The second kappa shape index (κ2) is 5.58. The maximum atomic E-state index is 12.2. The van der Waals surface area contributed by atoms with Crippen LogP contribution in [0.15, 0.2) is 0 Å². The lowest BCUT2D eigenvalue weighted by Gasteiger charge is -2.40. The fraction of sp³-hybridized carbons (Fsp3) is 0.917. The van der Waals surface area contributed by atoms with Gasteiger partial charge in [0.05, 0.1) is 16.5 Å². The zero-order valence-electron chi connectivity index (χ0n) is 12.3. The SMILES string of the molecule is CC(C)(C)[C@H](N)C(=O)N1CCS(=O)(=O)C(C)(C)C1.Cl. The molecule has 114 valence electrons. The minimum Gasteiger partial charge on any atom is -0.339 e. The number of carbonyl (C=O) groups is 1. The first-order valence-electron chi connectivity index (χ1n) is 6.15. The van der Waals surface area contributed by atoms with Crippen molar-refractivity contribution in [2.24, 2.45) is 11.1 Å². The van der Waals surface area contributed by atoms with E-state index >= 15 is 0 Å². The predicted molar refractivity (Wildman–Crippen MR) is 79.1 cm³/mol. The number of carbonyl (C=O) groups excluding carboxylic acids is 1. The largest absolute Gasteiger partial charge is 0.339 e. The van der Waals surface area contributed by atoms with Crippen molar-refractivity contribution in [3.8, 4) is 0 Å². The Morgan fingerprint density at radius 2 is 1.79 bits per heavy atom. The van der Waals surface area contributed by atoms with Crippen molar-refractivity contribution in [1.29, 1.82) is 0 Å². The molecule has 0 saturated carbocycles. The highest BCUT2D eigenvalue weighted by molar-refractivity contribution is 7.92. The van der Waals surface area contributed by atoms with E-state index in [1.165, 1.54) is 0 Å². The smallest absolute Gasteiger partial charge is 0.240 e. The first kappa shape index (κ1) is 18.7. The third kappa shape index (κ3) is 3.83. The second-order valence-electron chi connectivity index (χ2n) is 6.68. The molecule has 0 unspecified atom stereocenters. The van der Waals surface area contributed by atoms with Gasteiger partial charge in [0.1, 0.15) is 0 Å². The van der Waals surface area contributed by atoms with E-state index in [4.69, 9.17) is 5.73 Å². The highest BCUT2D eigenvalue weighted by Crippen LogP contribution is 2.26. The lowest BCUT2D eigenvalue weighted by Crippen LogP contribution is -2.59. The Morgan fingerprint density at radius 3 is 2.16 bits per heavy atom. The number of sulfone groups is 1. The van der Waals surface area contributed by atoms with E-state index in [0.717, 1.165) is 0 Å². The summed E-state index contributed by atoms with van der Waals surface area (Å²) in [4.78, 5) is 13.8. The van der Waals surface area contributed by atoms with Gasteiger partial charge in [-0.25, -0.2) is 8.42 Å². The van der Waals surface area contributed by atoms with Crippen molar-refractivity contribution in [2.45, 2.75) is 45.4 Å². The third-order valence-electron chi connectivity index (χ3n) is 3.55. The molecule has 1 aliphatic heterocycles. The van der Waals surface area contributed by atoms with E-state index in [2.05, 4.69) is 0 Å². The number of amides is 1. The van der Waals surface area contributed by atoms with Crippen molar-refractivity contribution in [3.05, 3.63) is 0 Å². The molecule has 0 aromatic heterocycles. The van der Waals surface area contributed by atoms with Gasteiger partial charge in [-0.05, 0) is 19.3 Å². The summed E-state index contributed by atoms with van der Waals surface area (Å²) in [7, 11) is -3.12. The van der Waals surface area contributed by atoms with Gasteiger partial charge in [0.25, 0.3) is 0 Å². The maximum Gasteiger partial charge on any atom is 0.240 e. The van der Waals surface area contributed by atoms with Crippen LogP contribution < -0.4 is 5.73 Å². The van der Waals surface area contributed by atoms with Crippen LogP contribution in [-0.2, 0) is 14.6 Å². The summed E-state index contributed by atoms with van der Waals surface area (Å²) >= 11 is 0. The summed E-state index contributed by atoms with van der Waals surface area (Å²) < 4.78 is 22.8. The van der Waals surface area contributed by atoms with Crippen molar-refractivity contribution >= 4 is 28.2 Å². The molecule has 1 aliphatic rings. The normalized spacial score (nSPS) is 23.4. The minimum absolute atomic E-state index is 0. The van der Waals surface area contributed by atoms with Crippen molar-refractivity contribution < 1.29 is 13.2 Å². The van der Waals surface area contributed by atoms with Gasteiger partial charge in [0.2, 0.25) is 5.91 Å². The van der Waals surface area contributed by atoms with Gasteiger partial charge in [-0.2, -0.15) is 0 Å². The summed E-state index contributed by atoms with van der Waals surface area (Å²) in [5, 5.41) is 0. The second-order valence-corrected chi connectivity index (χ2v) is 9.42. The molecular formula is C12H25ClN2O3S. The molecule has 1 fully saturated rings. The monoisotopic (exact) mass is 312 g/mol. The molecule has 0 radical (unpaired) electrons. The lowest BCUT2D eigenvalue weighted by molar-refractivity contribution is -0.135. The average molecular weight is 313 g/mol. The van der Waals surface area contributed by atoms with E-state index in [-0.39, 0.29) is 42.6 Å². The van der Waals surface area contributed by atoms with E-state index in [1.54, 1.807) is 18.7 Å². The molecular weight excluding hydrogens is 288 g/mol. The predicted octanol–water partition coefficient (Wildman–Crippen LogP) is 0.817. The van der Waals surface area contributed by atoms with Gasteiger partial charge in [0, 0.05) is 13.1 Å². The molecule has 1 amide bonds. The lowest BCUT2D eigenvalue weighted by atomic mass is 9.86. The van der Waals surface area contributed by atoms with Crippen LogP contribution in [0, 0.1) is 5.41 Å². The number of hydrogen-bond donors (Lipinski definition) is 1. The summed E-state index contributed by atoms with van der Waals surface area (Å²) in [5.74, 6) is -0.145. The molecule has 0 aliphatic carbocycles. The van der Waals surface area contributed by atoms with Gasteiger partial charge < -0.3 is 10.6 Å². The Hall–Kier alpha value is -0.330. The first-order chi connectivity index (χ1) is 7.88. The van der Waals surface area contributed by atoms with Crippen molar-refractivity contribution in [1.82, 2.24) is 4.90 Å². The summed E-state index contributed by atoms with van der Waals surface area (Å²) in [6, 6.07) is -0.603. The van der Waals surface area contributed by atoms with Gasteiger partial charge in [0.15, 0.2) is 9.84 Å². The molecule has 0 bridgehead atoms. The van der Waals surface area contributed by atoms with Crippen LogP contribution in [0.2, 0.25) is 0 Å². The van der Waals surface area contributed by atoms with E-state index in [1.807, 2.05) is 20.8 Å². The quantitative estimate of drug-likeness (QED) is 0.777. The Kier molecular flexibility index (Phi) is 5.48. The number of nitrogens with two attached hydrogens (primary N) is 1. The van der Waals surface area contributed by atoms with Gasteiger partial charge in [-0.1, -0.05) is 20.8 Å². The van der Waals surface area contributed by atoms with E-state index in [9.17, 15) is 13.2 Å². The standard InChI is InChI=1S/C12H24N2O3S.ClH/c1-11(2,3)9(13)10(15)14-6-7-18(16,17)12(4,5)8-14;/h9H,6-8,13H2,1-5H3;1H/t9-;/m1./s1. The molecule has 0 aromatic rings. The number of nitrogens with zero attached hydrogens (tertiary/aromatic N) is 1. The maximum absolute atomic E-state index is 12.2. The van der Waals surface area contributed by atoms with Crippen LogP contribution in [-0.4, -0.2) is 48.9 Å². The summed E-state index contributed by atoms with van der Waals surface area (Å²) in [6.07, 6.45) is 0. The topological polar surface area (TPSA) is 80.5 Å². The number of hydrogen-bond acceptors (Lipinski definition) is 4. The fourth-order valence-corrected chi connectivity index (χ4v) is 3.26. The zero-order valence-corrected chi connectivity index (χ0v) is 13.9. The molecule has 1 rings (SSSR count). The first-order valence-corrected chi connectivity index (χ1v) is 7.80. The molecule has 0 spiro atoms. The Bertz CT molecular complexity index is 440. The fourth-order valence-electron chi connectivity index (χ4n) is 1.90. The third-order valence-corrected chi connectivity index (χ3v) is 6.09. The summed E-state index contributed by atoms with van der Waals surface area (Å²) in [5.41, 5.74) is 5.62. The Labute approximate surface area is 122 Å². The number of rotatable bonds is 1. The van der Waals surface area contributed by atoms with E-state index in [0.29, 0.717) is 0 Å².